The maximum Gasteiger partial charge on any atom is 0.360 e. The van der Waals surface area contributed by atoms with Crippen molar-refractivity contribution in [2.24, 2.45) is 0 Å². The fraction of sp³-hybridized carbons (Fsp3) is 0.455. The van der Waals surface area contributed by atoms with Gasteiger partial charge in [0.2, 0.25) is 0 Å². The van der Waals surface area contributed by atoms with Crippen LogP contribution in [0.1, 0.15) is 28.0 Å². The van der Waals surface area contributed by atoms with Crippen LogP contribution in [-0.2, 0) is 17.7 Å². The van der Waals surface area contributed by atoms with Crippen LogP contribution < -0.4 is 0 Å². The molecule has 0 saturated heterocycles. The fourth-order valence-electron chi connectivity index (χ4n) is 1.47. The van der Waals surface area contributed by atoms with Crippen molar-refractivity contribution in [1.82, 2.24) is 20.0 Å². The molecule has 0 N–H and O–H groups in total. The van der Waals surface area contributed by atoms with E-state index in [-0.39, 0.29) is 5.69 Å². The summed E-state index contributed by atoms with van der Waals surface area (Å²) in [5.74, 6) is -0.433. The zero-order valence-electron chi connectivity index (χ0n) is 10.3. The quantitative estimate of drug-likeness (QED) is 0.766. The highest BCUT2D eigenvalue weighted by Gasteiger charge is 2.11. The minimum absolute atomic E-state index is 0.248. The average Bonchev–Trinajstić information content (AvgIpc) is 2.96. The highest BCUT2D eigenvalue weighted by Crippen LogP contribution is 2.13. The minimum atomic E-state index is -0.433. The van der Waals surface area contributed by atoms with E-state index in [0.717, 1.165) is 12.1 Å². The van der Waals surface area contributed by atoms with Crippen LogP contribution >= 0.6 is 11.3 Å². The molecule has 0 fully saturated rings. The first kappa shape index (κ1) is 12.7. The van der Waals surface area contributed by atoms with E-state index >= 15 is 0 Å². The number of esters is 1. The lowest BCUT2D eigenvalue weighted by Gasteiger charge is -1.99. The zero-order valence-corrected chi connectivity index (χ0v) is 11.1. The molecule has 0 saturated carbocycles. The summed E-state index contributed by atoms with van der Waals surface area (Å²) >= 11 is 1.62. The van der Waals surface area contributed by atoms with Crippen LogP contribution in [-0.4, -0.2) is 32.6 Å². The molecule has 2 rings (SSSR count). The number of carbonyl (C=O) groups excluding carboxylic acids is 1. The normalized spacial score (nSPS) is 10.6. The summed E-state index contributed by atoms with van der Waals surface area (Å²) in [6, 6.07) is 0. The van der Waals surface area contributed by atoms with Crippen molar-refractivity contribution in [1.29, 1.82) is 0 Å². The Hall–Kier alpha value is -1.76. The van der Waals surface area contributed by atoms with Crippen LogP contribution in [0.15, 0.2) is 11.7 Å². The Labute approximate surface area is 109 Å². The van der Waals surface area contributed by atoms with Gasteiger partial charge in [-0.25, -0.2) is 9.78 Å². The highest BCUT2D eigenvalue weighted by atomic mass is 32.1. The van der Waals surface area contributed by atoms with E-state index in [9.17, 15) is 4.79 Å². The van der Waals surface area contributed by atoms with E-state index in [1.165, 1.54) is 15.9 Å². The van der Waals surface area contributed by atoms with E-state index in [2.05, 4.69) is 15.2 Å². The second kappa shape index (κ2) is 5.72. The molecule has 0 unspecified atom stereocenters. The number of nitrogens with zero attached hydrogens (tertiary/aromatic N) is 4. The van der Waals surface area contributed by atoms with Crippen LogP contribution in [0.2, 0.25) is 0 Å². The van der Waals surface area contributed by atoms with Crippen molar-refractivity contribution in [2.75, 3.05) is 6.61 Å². The molecule has 0 bridgehead atoms. The zero-order chi connectivity index (χ0) is 13.0. The molecule has 18 heavy (non-hydrogen) atoms. The Bertz CT molecular complexity index is 535. The first-order valence-corrected chi connectivity index (χ1v) is 6.55. The SMILES string of the molecule is CCOC(=O)c1cnn(CCc2scnc2C)n1. The third kappa shape index (κ3) is 2.92. The van der Waals surface area contributed by atoms with Crippen LogP contribution in [0, 0.1) is 6.92 Å². The van der Waals surface area contributed by atoms with Gasteiger partial charge < -0.3 is 4.74 Å². The van der Waals surface area contributed by atoms with Gasteiger partial charge in [0.25, 0.3) is 0 Å². The van der Waals surface area contributed by atoms with Gasteiger partial charge in [-0.2, -0.15) is 9.90 Å². The van der Waals surface area contributed by atoms with Gasteiger partial charge in [-0.15, -0.1) is 16.4 Å². The summed E-state index contributed by atoms with van der Waals surface area (Å²) in [5, 5.41) is 8.11. The summed E-state index contributed by atoms with van der Waals surface area (Å²) in [4.78, 5) is 18.3. The molecule has 7 heteroatoms. The van der Waals surface area contributed by atoms with Gasteiger partial charge in [-0.05, 0) is 13.8 Å². The molecule has 2 aromatic rings. The molecule has 0 aliphatic rings. The number of thiazole rings is 1. The van der Waals surface area contributed by atoms with Gasteiger partial charge in [0.1, 0.15) is 0 Å². The Kier molecular flexibility index (Phi) is 4.03. The summed E-state index contributed by atoms with van der Waals surface area (Å²) < 4.78 is 4.85. The van der Waals surface area contributed by atoms with Gasteiger partial charge in [0.05, 0.1) is 30.6 Å². The Balaban J connectivity index is 1.95. The Morgan fingerprint density at radius 3 is 3.06 bits per heavy atom. The minimum Gasteiger partial charge on any atom is -0.461 e. The van der Waals surface area contributed by atoms with Crippen molar-refractivity contribution in [2.45, 2.75) is 26.8 Å². The van der Waals surface area contributed by atoms with Crippen molar-refractivity contribution in [3.8, 4) is 0 Å². The van der Waals surface area contributed by atoms with Gasteiger partial charge in [0, 0.05) is 11.3 Å². The molecule has 2 aromatic heterocycles. The van der Waals surface area contributed by atoms with Crippen molar-refractivity contribution >= 4 is 17.3 Å². The van der Waals surface area contributed by atoms with E-state index in [1.54, 1.807) is 18.3 Å². The number of ether oxygens (including phenoxy) is 1. The number of carbonyl (C=O) groups is 1. The lowest BCUT2D eigenvalue weighted by molar-refractivity contribution is 0.0518. The number of rotatable bonds is 5. The van der Waals surface area contributed by atoms with E-state index < -0.39 is 5.97 Å². The van der Waals surface area contributed by atoms with Crippen LogP contribution in [0.25, 0.3) is 0 Å². The van der Waals surface area contributed by atoms with E-state index in [0.29, 0.717) is 13.2 Å². The van der Waals surface area contributed by atoms with Crippen LogP contribution in [0.4, 0.5) is 0 Å². The predicted octanol–water partition coefficient (Wildman–Crippen LogP) is 1.46. The molecule has 0 spiro atoms. The highest BCUT2D eigenvalue weighted by molar-refractivity contribution is 7.09. The molecule has 0 radical (unpaired) electrons. The fourth-order valence-corrected chi connectivity index (χ4v) is 2.24. The van der Waals surface area contributed by atoms with E-state index in [1.807, 2.05) is 12.4 Å². The summed E-state index contributed by atoms with van der Waals surface area (Å²) in [7, 11) is 0. The number of aryl methyl sites for hydroxylation is 3. The monoisotopic (exact) mass is 266 g/mol. The molecule has 0 amide bonds. The second-order valence-electron chi connectivity index (χ2n) is 3.66. The first-order valence-electron chi connectivity index (χ1n) is 5.67. The third-order valence-corrected chi connectivity index (χ3v) is 3.40. The average molecular weight is 266 g/mol. The van der Waals surface area contributed by atoms with Gasteiger partial charge in [-0.1, -0.05) is 0 Å². The molecular weight excluding hydrogens is 252 g/mol. The molecule has 96 valence electrons. The van der Waals surface area contributed by atoms with Crippen molar-refractivity contribution < 1.29 is 9.53 Å². The van der Waals surface area contributed by atoms with Gasteiger partial charge in [-0.3, -0.25) is 0 Å². The largest absolute Gasteiger partial charge is 0.461 e. The molecule has 0 atom stereocenters. The number of aromatic nitrogens is 4. The molecular formula is C11H14N4O2S. The Morgan fingerprint density at radius 2 is 2.39 bits per heavy atom. The summed E-state index contributed by atoms with van der Waals surface area (Å²) in [6.07, 6.45) is 2.24. The number of hydrogen-bond acceptors (Lipinski definition) is 6. The Morgan fingerprint density at radius 1 is 1.56 bits per heavy atom. The predicted molar refractivity (Wildman–Crippen MR) is 66.5 cm³/mol. The maximum absolute atomic E-state index is 11.4. The van der Waals surface area contributed by atoms with Crippen molar-refractivity contribution in [3.05, 3.63) is 28.0 Å². The smallest absolute Gasteiger partial charge is 0.360 e. The van der Waals surface area contributed by atoms with Gasteiger partial charge in [0.15, 0.2) is 5.69 Å². The lowest BCUT2D eigenvalue weighted by atomic mass is 10.3. The number of hydrogen-bond donors (Lipinski definition) is 0. The lowest BCUT2D eigenvalue weighted by Crippen LogP contribution is -2.09. The molecule has 0 aliphatic carbocycles. The molecule has 6 nitrogen and oxygen atoms in total. The molecule has 0 aromatic carbocycles. The third-order valence-electron chi connectivity index (χ3n) is 2.40. The first-order chi connectivity index (χ1) is 8.70. The second-order valence-corrected chi connectivity index (χ2v) is 4.60. The van der Waals surface area contributed by atoms with Gasteiger partial charge >= 0.3 is 5.97 Å². The standard InChI is InChI=1S/C11H14N4O2S/c1-3-17-11(16)9-6-13-15(14-9)5-4-10-8(2)12-7-18-10/h6-7H,3-5H2,1-2H3. The molecule has 2 heterocycles. The van der Waals surface area contributed by atoms with Crippen LogP contribution in [0.5, 0.6) is 0 Å². The summed E-state index contributed by atoms with van der Waals surface area (Å²) in [5.41, 5.74) is 3.11. The van der Waals surface area contributed by atoms with Crippen LogP contribution in [0.3, 0.4) is 0 Å². The van der Waals surface area contributed by atoms with Crippen molar-refractivity contribution in [3.63, 3.8) is 0 Å². The van der Waals surface area contributed by atoms with E-state index in [4.69, 9.17) is 4.74 Å². The topological polar surface area (TPSA) is 69.9 Å². The maximum atomic E-state index is 11.4. The molecule has 0 aliphatic heterocycles. The summed E-state index contributed by atoms with van der Waals surface area (Å²) in [6.45, 7) is 4.70.